The van der Waals surface area contributed by atoms with Crippen LogP contribution in [0.5, 0.6) is 0 Å². The van der Waals surface area contributed by atoms with Crippen molar-refractivity contribution in [1.82, 2.24) is 0 Å². The Morgan fingerprint density at radius 1 is 1.15 bits per heavy atom. The number of hydrogen-bond acceptors (Lipinski definition) is 5. The van der Waals surface area contributed by atoms with Crippen LogP contribution in [-0.2, 0) is 25.4 Å². The lowest BCUT2D eigenvalue weighted by molar-refractivity contribution is -0.166. The summed E-state index contributed by atoms with van der Waals surface area (Å²) in [5.74, 6) is 0. The summed E-state index contributed by atoms with van der Waals surface area (Å²) in [4.78, 5) is 0. The third kappa shape index (κ3) is 2.63. The van der Waals surface area contributed by atoms with Crippen molar-refractivity contribution in [2.75, 3.05) is 14.2 Å². The molecule has 1 aliphatic rings. The molecular weight excluding hydrogens is 296 g/mol. The summed E-state index contributed by atoms with van der Waals surface area (Å²) >= 11 is 0. The summed E-state index contributed by atoms with van der Waals surface area (Å²) in [6, 6.07) is 5.38. The lowest BCUT2D eigenvalue weighted by atomic mass is 10.0. The number of rotatable bonds is 5. The second-order valence-electron chi connectivity index (χ2n) is 4.20. The molecule has 0 atom stereocenters. The first kappa shape index (κ1) is 15.2. The van der Waals surface area contributed by atoms with Gasteiger partial charge in [0, 0.05) is 19.8 Å². The highest BCUT2D eigenvalue weighted by Gasteiger charge is 2.65. The molecule has 0 saturated heterocycles. The lowest BCUT2D eigenvalue weighted by Crippen LogP contribution is -2.30. The van der Waals surface area contributed by atoms with E-state index in [9.17, 15) is 17.7 Å². The van der Waals surface area contributed by atoms with Crippen LogP contribution in [0.15, 0.2) is 34.5 Å². The summed E-state index contributed by atoms with van der Waals surface area (Å²) in [7, 11) is -0.746. The standard InChI is InChI=1S/C11H12F3N2O3P/c1-18-20(17,19-2)7-8-3-5-9(6-4-8)10(15-16-10)11(12,13)14/h3-6H,7H2,1-2H3. The Hall–Kier alpha value is -1.24. The largest absolute Gasteiger partial charge is 0.442 e. The molecule has 0 unspecified atom stereocenters. The zero-order valence-electron chi connectivity index (χ0n) is 10.7. The molecule has 1 aliphatic heterocycles. The van der Waals surface area contributed by atoms with Crippen LogP contribution < -0.4 is 0 Å². The predicted octanol–water partition coefficient (Wildman–Crippen LogP) is 3.85. The van der Waals surface area contributed by atoms with Crippen LogP contribution in [0.4, 0.5) is 13.2 Å². The van der Waals surface area contributed by atoms with Crippen molar-refractivity contribution in [3.63, 3.8) is 0 Å². The smallest absolute Gasteiger partial charge is 0.312 e. The van der Waals surface area contributed by atoms with Crippen LogP contribution in [0, 0.1) is 0 Å². The quantitative estimate of drug-likeness (QED) is 0.776. The van der Waals surface area contributed by atoms with E-state index in [1.165, 1.54) is 38.5 Å². The highest BCUT2D eigenvalue weighted by molar-refractivity contribution is 7.52. The van der Waals surface area contributed by atoms with E-state index in [-0.39, 0.29) is 11.7 Å². The molecule has 0 N–H and O–H groups in total. The van der Waals surface area contributed by atoms with Gasteiger partial charge in [0.1, 0.15) is 0 Å². The Morgan fingerprint density at radius 2 is 1.65 bits per heavy atom. The molecule has 20 heavy (non-hydrogen) atoms. The number of halogens is 3. The summed E-state index contributed by atoms with van der Waals surface area (Å²) in [6.45, 7) is 0. The fourth-order valence-electron chi connectivity index (χ4n) is 1.71. The molecule has 1 heterocycles. The Kier molecular flexibility index (Phi) is 3.75. The van der Waals surface area contributed by atoms with Crippen molar-refractivity contribution in [3.05, 3.63) is 35.4 Å². The Morgan fingerprint density at radius 3 is 2.00 bits per heavy atom. The van der Waals surface area contributed by atoms with Crippen LogP contribution in [0.2, 0.25) is 0 Å². The van der Waals surface area contributed by atoms with Crippen molar-refractivity contribution in [2.24, 2.45) is 10.2 Å². The molecule has 2 rings (SSSR count). The summed E-state index contributed by atoms with van der Waals surface area (Å²) in [6.07, 6.45) is -4.57. The molecular formula is C11H12F3N2O3P. The van der Waals surface area contributed by atoms with Crippen LogP contribution in [0.25, 0.3) is 0 Å². The van der Waals surface area contributed by atoms with Crippen LogP contribution in [0.1, 0.15) is 11.1 Å². The number of nitrogens with zero attached hydrogens (tertiary/aromatic N) is 2. The number of alkyl halides is 3. The van der Waals surface area contributed by atoms with Gasteiger partial charge in [-0.1, -0.05) is 24.3 Å². The predicted molar refractivity (Wildman–Crippen MR) is 64.4 cm³/mol. The summed E-state index contributed by atoms with van der Waals surface area (Å²) in [5.41, 5.74) is -1.96. The molecule has 1 aromatic rings. The average Bonchev–Trinajstić information content (AvgIpc) is 3.20. The average molecular weight is 308 g/mol. The first-order chi connectivity index (χ1) is 9.26. The molecule has 0 saturated carbocycles. The molecule has 0 aromatic heterocycles. The maximum atomic E-state index is 12.8. The van der Waals surface area contributed by atoms with E-state index in [2.05, 4.69) is 10.2 Å². The van der Waals surface area contributed by atoms with Crippen molar-refractivity contribution in [1.29, 1.82) is 0 Å². The van der Waals surface area contributed by atoms with Gasteiger partial charge in [0.05, 0.1) is 6.16 Å². The Balaban J connectivity index is 2.18. The van der Waals surface area contributed by atoms with Gasteiger partial charge in [-0.15, -0.1) is 10.2 Å². The topological polar surface area (TPSA) is 60.2 Å². The molecule has 0 fully saturated rings. The highest BCUT2D eigenvalue weighted by Crippen LogP contribution is 2.53. The van der Waals surface area contributed by atoms with Crippen molar-refractivity contribution in [3.8, 4) is 0 Å². The molecule has 0 bridgehead atoms. The first-order valence-electron chi connectivity index (χ1n) is 5.57. The van der Waals surface area contributed by atoms with Crippen LogP contribution in [0.3, 0.4) is 0 Å². The molecule has 5 nitrogen and oxygen atoms in total. The third-order valence-corrected chi connectivity index (χ3v) is 4.85. The minimum Gasteiger partial charge on any atom is -0.312 e. The zero-order chi connectivity index (χ0) is 15.0. The normalized spacial score (nSPS) is 17.2. The molecule has 9 heteroatoms. The molecule has 1 aromatic carbocycles. The third-order valence-electron chi connectivity index (χ3n) is 2.98. The lowest BCUT2D eigenvalue weighted by Gasteiger charge is -2.16. The summed E-state index contributed by atoms with van der Waals surface area (Å²) < 4.78 is 59.8. The van der Waals surface area contributed by atoms with Gasteiger partial charge in [0.15, 0.2) is 0 Å². The van der Waals surface area contributed by atoms with E-state index in [1.807, 2.05) is 0 Å². The molecule has 110 valence electrons. The maximum Gasteiger partial charge on any atom is 0.442 e. The van der Waals surface area contributed by atoms with Gasteiger partial charge in [-0.05, 0) is 5.56 Å². The van der Waals surface area contributed by atoms with Gasteiger partial charge in [-0.2, -0.15) is 13.2 Å². The zero-order valence-corrected chi connectivity index (χ0v) is 11.6. The first-order valence-corrected chi connectivity index (χ1v) is 7.30. The molecule has 0 aliphatic carbocycles. The van der Waals surface area contributed by atoms with Gasteiger partial charge in [0.2, 0.25) is 0 Å². The SMILES string of the molecule is COP(=O)(Cc1ccc(C2(C(F)(F)F)N=N2)cc1)OC. The fraction of sp³-hybridized carbons (Fsp3) is 0.455. The summed E-state index contributed by atoms with van der Waals surface area (Å²) in [5, 5.41) is 6.22. The highest BCUT2D eigenvalue weighted by atomic mass is 31.2. The second-order valence-corrected chi connectivity index (χ2v) is 6.47. The number of hydrogen-bond donors (Lipinski definition) is 0. The monoisotopic (exact) mass is 308 g/mol. The van der Waals surface area contributed by atoms with Gasteiger partial charge >= 0.3 is 19.4 Å². The van der Waals surface area contributed by atoms with Gasteiger partial charge in [-0.25, -0.2) is 0 Å². The van der Waals surface area contributed by atoms with Crippen LogP contribution >= 0.6 is 7.60 Å². The van der Waals surface area contributed by atoms with Gasteiger partial charge < -0.3 is 9.05 Å². The van der Waals surface area contributed by atoms with Crippen molar-refractivity contribution < 1.29 is 26.8 Å². The molecule has 0 spiro atoms. The number of benzene rings is 1. The van der Waals surface area contributed by atoms with Gasteiger partial charge in [-0.3, -0.25) is 4.57 Å². The molecule has 0 amide bonds. The molecule has 0 radical (unpaired) electrons. The van der Waals surface area contributed by atoms with E-state index in [4.69, 9.17) is 9.05 Å². The maximum absolute atomic E-state index is 12.8. The minimum absolute atomic E-state index is 0.0203. The minimum atomic E-state index is -4.55. The van der Waals surface area contributed by atoms with E-state index in [0.29, 0.717) is 5.56 Å². The van der Waals surface area contributed by atoms with E-state index in [1.54, 1.807) is 0 Å². The van der Waals surface area contributed by atoms with Crippen LogP contribution in [-0.4, -0.2) is 20.4 Å². The van der Waals surface area contributed by atoms with E-state index < -0.39 is 19.4 Å². The fourth-order valence-corrected chi connectivity index (χ4v) is 2.78. The Bertz CT molecular complexity index is 557. The Labute approximate surface area is 113 Å². The second kappa shape index (κ2) is 4.95. The van der Waals surface area contributed by atoms with E-state index in [0.717, 1.165) is 0 Å². The van der Waals surface area contributed by atoms with E-state index >= 15 is 0 Å². The van der Waals surface area contributed by atoms with Crippen molar-refractivity contribution >= 4 is 7.60 Å². The van der Waals surface area contributed by atoms with Crippen molar-refractivity contribution in [2.45, 2.75) is 18.0 Å². The van der Waals surface area contributed by atoms with Gasteiger partial charge in [0.25, 0.3) is 0 Å².